The summed E-state index contributed by atoms with van der Waals surface area (Å²) >= 11 is 0.250. The second-order valence-electron chi connectivity index (χ2n) is 3.30. The fraction of sp³-hybridized carbons (Fsp3) is 0.222. The highest BCUT2D eigenvalue weighted by molar-refractivity contribution is 7.15. The van der Waals surface area contributed by atoms with Crippen LogP contribution in [0.2, 0.25) is 0 Å². The molecular formula is C9H6F3N3O2S. The van der Waals surface area contributed by atoms with Crippen LogP contribution < -0.4 is 5.32 Å². The Labute approximate surface area is 103 Å². The van der Waals surface area contributed by atoms with Gasteiger partial charge in [0.05, 0.1) is 6.26 Å². The second kappa shape index (κ2) is 4.41. The van der Waals surface area contributed by atoms with Crippen LogP contribution in [0.15, 0.2) is 16.7 Å². The molecule has 0 spiro atoms. The molecular weight excluding hydrogens is 271 g/mol. The number of furan rings is 1. The number of nitrogens with one attached hydrogen (secondary N) is 1. The van der Waals surface area contributed by atoms with Crippen molar-refractivity contribution >= 4 is 22.4 Å². The number of halogens is 3. The molecule has 0 aliphatic carbocycles. The van der Waals surface area contributed by atoms with E-state index in [1.807, 2.05) is 0 Å². The van der Waals surface area contributed by atoms with Crippen molar-refractivity contribution in [1.82, 2.24) is 10.2 Å². The first kappa shape index (κ1) is 12.6. The Hall–Kier alpha value is -1.90. The minimum Gasteiger partial charge on any atom is -0.459 e. The molecule has 0 atom stereocenters. The highest BCUT2D eigenvalue weighted by Gasteiger charge is 2.35. The third-order valence-corrected chi connectivity index (χ3v) is 2.84. The van der Waals surface area contributed by atoms with E-state index in [1.54, 1.807) is 13.0 Å². The van der Waals surface area contributed by atoms with Crippen LogP contribution in [-0.4, -0.2) is 16.1 Å². The van der Waals surface area contributed by atoms with Crippen LogP contribution in [0.5, 0.6) is 0 Å². The predicted octanol–water partition coefficient (Wildman–Crippen LogP) is 2.71. The van der Waals surface area contributed by atoms with Crippen LogP contribution in [0.4, 0.5) is 18.3 Å². The van der Waals surface area contributed by atoms with Gasteiger partial charge in [-0.3, -0.25) is 10.1 Å². The fourth-order valence-corrected chi connectivity index (χ4v) is 1.75. The molecule has 96 valence electrons. The van der Waals surface area contributed by atoms with Gasteiger partial charge < -0.3 is 4.42 Å². The maximum absolute atomic E-state index is 12.3. The lowest BCUT2D eigenvalue weighted by atomic mass is 10.3. The third kappa shape index (κ3) is 2.50. The van der Waals surface area contributed by atoms with Crippen molar-refractivity contribution in [3.05, 3.63) is 28.7 Å². The monoisotopic (exact) mass is 277 g/mol. The van der Waals surface area contributed by atoms with E-state index in [4.69, 9.17) is 4.42 Å². The molecule has 0 fully saturated rings. The molecule has 9 heteroatoms. The molecule has 0 aromatic carbocycles. The minimum atomic E-state index is -4.57. The number of alkyl halides is 3. The summed E-state index contributed by atoms with van der Waals surface area (Å²) in [7, 11) is 0. The standard InChI is InChI=1S/C9H6F3N3O2S/c1-4-2-3-17-5(4)6(16)13-8-15-14-7(18-8)9(10,11)12/h2-3H,1H3,(H,13,15,16). The first-order valence-corrected chi connectivity index (χ1v) is 5.45. The lowest BCUT2D eigenvalue weighted by molar-refractivity contribution is -0.138. The van der Waals surface area contributed by atoms with Crippen molar-refractivity contribution in [2.24, 2.45) is 0 Å². The molecule has 2 aromatic rings. The lowest BCUT2D eigenvalue weighted by Crippen LogP contribution is -2.11. The van der Waals surface area contributed by atoms with Gasteiger partial charge in [-0.15, -0.1) is 10.2 Å². The summed E-state index contributed by atoms with van der Waals surface area (Å²) in [4.78, 5) is 11.6. The summed E-state index contributed by atoms with van der Waals surface area (Å²) in [5.41, 5.74) is 0.577. The van der Waals surface area contributed by atoms with Crippen LogP contribution in [0.3, 0.4) is 0 Å². The van der Waals surface area contributed by atoms with Crippen LogP contribution in [0, 0.1) is 6.92 Å². The van der Waals surface area contributed by atoms with E-state index >= 15 is 0 Å². The van der Waals surface area contributed by atoms with Gasteiger partial charge in [-0.05, 0) is 13.0 Å². The molecule has 5 nitrogen and oxygen atoms in total. The van der Waals surface area contributed by atoms with E-state index < -0.39 is 17.1 Å². The number of carbonyl (C=O) groups excluding carboxylic acids is 1. The third-order valence-electron chi connectivity index (χ3n) is 1.96. The molecule has 1 amide bonds. The SMILES string of the molecule is Cc1ccoc1C(=O)Nc1nnc(C(F)(F)F)s1. The topological polar surface area (TPSA) is 68.0 Å². The number of aryl methyl sites for hydroxylation is 1. The number of amides is 1. The molecule has 2 heterocycles. The van der Waals surface area contributed by atoms with Gasteiger partial charge in [-0.25, -0.2) is 0 Å². The van der Waals surface area contributed by atoms with E-state index in [2.05, 4.69) is 15.5 Å². The lowest BCUT2D eigenvalue weighted by Gasteiger charge is -1.99. The highest BCUT2D eigenvalue weighted by Crippen LogP contribution is 2.33. The fourth-order valence-electron chi connectivity index (χ4n) is 1.15. The average Bonchev–Trinajstić information content (AvgIpc) is 2.85. The average molecular weight is 277 g/mol. The summed E-state index contributed by atoms with van der Waals surface area (Å²) in [6.07, 6.45) is -3.26. The zero-order chi connectivity index (χ0) is 13.3. The number of hydrogen-bond donors (Lipinski definition) is 1. The van der Waals surface area contributed by atoms with Gasteiger partial charge in [0, 0.05) is 5.56 Å². The Kier molecular flexibility index (Phi) is 3.07. The largest absolute Gasteiger partial charge is 0.459 e. The van der Waals surface area contributed by atoms with Crippen molar-refractivity contribution in [2.45, 2.75) is 13.1 Å². The molecule has 0 unspecified atom stereocenters. The Morgan fingerprint density at radius 2 is 2.17 bits per heavy atom. The number of rotatable bonds is 2. The molecule has 0 saturated heterocycles. The van der Waals surface area contributed by atoms with E-state index in [-0.39, 0.29) is 22.2 Å². The number of anilines is 1. The van der Waals surface area contributed by atoms with Crippen molar-refractivity contribution in [3.63, 3.8) is 0 Å². The first-order chi connectivity index (χ1) is 8.38. The van der Waals surface area contributed by atoms with Crippen molar-refractivity contribution in [3.8, 4) is 0 Å². The van der Waals surface area contributed by atoms with E-state index in [1.165, 1.54) is 6.26 Å². The van der Waals surface area contributed by atoms with E-state index in [9.17, 15) is 18.0 Å². The minimum absolute atomic E-state index is 0.0266. The van der Waals surface area contributed by atoms with Gasteiger partial charge in [0.1, 0.15) is 0 Å². The molecule has 2 rings (SSSR count). The van der Waals surface area contributed by atoms with Gasteiger partial charge in [0.15, 0.2) is 5.76 Å². The molecule has 0 aliphatic heterocycles. The Morgan fingerprint density at radius 3 is 2.67 bits per heavy atom. The van der Waals surface area contributed by atoms with Gasteiger partial charge in [0.2, 0.25) is 10.1 Å². The summed E-state index contributed by atoms with van der Waals surface area (Å²) < 4.78 is 41.7. The molecule has 0 radical (unpaired) electrons. The Balaban J connectivity index is 2.13. The highest BCUT2D eigenvalue weighted by atomic mass is 32.1. The zero-order valence-electron chi connectivity index (χ0n) is 8.91. The van der Waals surface area contributed by atoms with Crippen LogP contribution in [-0.2, 0) is 6.18 Å². The number of carbonyl (C=O) groups is 1. The first-order valence-electron chi connectivity index (χ1n) is 4.64. The maximum atomic E-state index is 12.3. The van der Waals surface area contributed by atoms with Gasteiger partial charge in [-0.1, -0.05) is 11.3 Å². The van der Waals surface area contributed by atoms with Crippen LogP contribution in [0.1, 0.15) is 21.1 Å². The summed E-state index contributed by atoms with van der Waals surface area (Å²) in [6.45, 7) is 1.64. The van der Waals surface area contributed by atoms with E-state index in [0.29, 0.717) is 5.56 Å². The van der Waals surface area contributed by atoms with Crippen molar-refractivity contribution in [1.29, 1.82) is 0 Å². The summed E-state index contributed by atoms with van der Waals surface area (Å²) in [5, 5.41) is 7.02. The molecule has 0 aliphatic rings. The zero-order valence-corrected chi connectivity index (χ0v) is 9.72. The normalized spacial score (nSPS) is 11.6. The predicted molar refractivity (Wildman–Crippen MR) is 56.3 cm³/mol. The molecule has 18 heavy (non-hydrogen) atoms. The van der Waals surface area contributed by atoms with Gasteiger partial charge in [-0.2, -0.15) is 13.2 Å². The second-order valence-corrected chi connectivity index (χ2v) is 4.27. The van der Waals surface area contributed by atoms with Gasteiger partial charge in [0.25, 0.3) is 5.91 Å². The Morgan fingerprint density at radius 1 is 1.44 bits per heavy atom. The summed E-state index contributed by atoms with van der Waals surface area (Å²) in [5.74, 6) is -0.638. The summed E-state index contributed by atoms with van der Waals surface area (Å²) in [6, 6.07) is 1.57. The number of nitrogens with zero attached hydrogens (tertiary/aromatic N) is 2. The van der Waals surface area contributed by atoms with Crippen LogP contribution in [0.25, 0.3) is 0 Å². The number of aromatic nitrogens is 2. The van der Waals surface area contributed by atoms with Crippen molar-refractivity contribution in [2.75, 3.05) is 5.32 Å². The molecule has 0 bridgehead atoms. The maximum Gasteiger partial charge on any atom is 0.445 e. The molecule has 2 aromatic heterocycles. The number of hydrogen-bond acceptors (Lipinski definition) is 5. The molecule has 1 N–H and O–H groups in total. The Bertz CT molecular complexity index is 576. The van der Waals surface area contributed by atoms with E-state index in [0.717, 1.165) is 0 Å². The smallest absolute Gasteiger partial charge is 0.445 e. The van der Waals surface area contributed by atoms with Gasteiger partial charge >= 0.3 is 6.18 Å². The molecule has 0 saturated carbocycles. The van der Waals surface area contributed by atoms with Crippen LogP contribution >= 0.6 is 11.3 Å². The van der Waals surface area contributed by atoms with Crippen molar-refractivity contribution < 1.29 is 22.4 Å². The quantitative estimate of drug-likeness (QED) is 0.916.